The van der Waals surface area contributed by atoms with Crippen molar-refractivity contribution >= 4 is 21.6 Å². The highest BCUT2D eigenvalue weighted by Gasteiger charge is 2.34. The Kier molecular flexibility index (Phi) is 7.54. The van der Waals surface area contributed by atoms with Gasteiger partial charge in [0.2, 0.25) is 15.9 Å². The Bertz CT molecular complexity index is 1150. The Labute approximate surface area is 195 Å². The molecule has 33 heavy (non-hydrogen) atoms. The van der Waals surface area contributed by atoms with E-state index in [1.165, 1.54) is 33.1 Å². The molecule has 1 aliphatic rings. The summed E-state index contributed by atoms with van der Waals surface area (Å²) in [5, 5.41) is 14.1. The second-order valence-corrected chi connectivity index (χ2v) is 10.8. The Morgan fingerprint density at radius 3 is 2.39 bits per heavy atom. The summed E-state index contributed by atoms with van der Waals surface area (Å²) in [5.74, 6) is -0.319. The predicted octanol–water partition coefficient (Wildman–Crippen LogP) is 3.67. The van der Waals surface area contributed by atoms with Crippen molar-refractivity contribution in [2.24, 2.45) is 5.92 Å². The monoisotopic (exact) mass is 473 g/mol. The minimum atomic E-state index is -3.87. The van der Waals surface area contributed by atoms with Gasteiger partial charge in [0.15, 0.2) is 0 Å². The van der Waals surface area contributed by atoms with Crippen LogP contribution in [0.15, 0.2) is 41.3 Å². The first kappa shape index (κ1) is 24.9. The third kappa shape index (κ3) is 5.78. The standard InChI is InChI=1S/C24H31N3O5S/c1-16-5-7-21(18(3)13-16)14-19(4)25-24(28)20-9-11-26(12-10-20)33(31,32)23-15-22(27(29)30)8-6-17(23)2/h5-8,13,15,19-20H,9-12,14H2,1-4H3,(H,25,28). The molecule has 0 bridgehead atoms. The Hall–Kier alpha value is -2.78. The van der Waals surface area contributed by atoms with Crippen LogP contribution in [0.1, 0.15) is 42.0 Å². The number of nitro benzene ring substituents is 1. The zero-order valence-electron chi connectivity index (χ0n) is 19.5. The van der Waals surface area contributed by atoms with Crippen molar-refractivity contribution in [3.05, 3.63) is 68.8 Å². The molecule has 1 heterocycles. The first-order valence-corrected chi connectivity index (χ1v) is 12.5. The molecule has 2 aromatic carbocycles. The summed E-state index contributed by atoms with van der Waals surface area (Å²) < 4.78 is 27.5. The Morgan fingerprint density at radius 2 is 1.79 bits per heavy atom. The second-order valence-electron chi connectivity index (χ2n) is 8.93. The van der Waals surface area contributed by atoms with E-state index in [9.17, 15) is 23.3 Å². The van der Waals surface area contributed by atoms with E-state index in [0.717, 1.165) is 12.5 Å². The maximum atomic E-state index is 13.1. The van der Waals surface area contributed by atoms with Gasteiger partial charge in [-0.1, -0.05) is 29.8 Å². The first-order valence-electron chi connectivity index (χ1n) is 11.1. The summed E-state index contributed by atoms with van der Waals surface area (Å²) >= 11 is 0. The molecule has 1 fully saturated rings. The number of nitrogens with zero attached hydrogens (tertiary/aromatic N) is 2. The lowest BCUT2D eigenvalue weighted by Gasteiger charge is -2.31. The van der Waals surface area contributed by atoms with E-state index in [4.69, 9.17) is 0 Å². The van der Waals surface area contributed by atoms with Gasteiger partial charge in [-0.05, 0) is 63.6 Å². The van der Waals surface area contributed by atoms with Gasteiger partial charge in [0.1, 0.15) is 0 Å². The van der Waals surface area contributed by atoms with Crippen LogP contribution < -0.4 is 5.32 Å². The van der Waals surface area contributed by atoms with Gasteiger partial charge in [0.05, 0.1) is 9.82 Å². The molecule has 0 aliphatic carbocycles. The van der Waals surface area contributed by atoms with Crippen LogP contribution >= 0.6 is 0 Å². The molecule has 0 spiro atoms. The number of benzene rings is 2. The van der Waals surface area contributed by atoms with Gasteiger partial charge in [0, 0.05) is 37.2 Å². The summed E-state index contributed by atoms with van der Waals surface area (Å²) in [5.41, 5.74) is 3.80. The number of piperidine rings is 1. The van der Waals surface area contributed by atoms with E-state index < -0.39 is 14.9 Å². The molecule has 1 saturated heterocycles. The Balaban J connectivity index is 1.60. The minimum Gasteiger partial charge on any atom is -0.353 e. The van der Waals surface area contributed by atoms with Gasteiger partial charge in [-0.15, -0.1) is 0 Å². The Morgan fingerprint density at radius 1 is 1.12 bits per heavy atom. The predicted molar refractivity (Wildman–Crippen MR) is 127 cm³/mol. The van der Waals surface area contributed by atoms with Crippen molar-refractivity contribution in [2.75, 3.05) is 13.1 Å². The maximum absolute atomic E-state index is 13.1. The summed E-state index contributed by atoms with van der Waals surface area (Å²) in [7, 11) is -3.87. The number of hydrogen-bond donors (Lipinski definition) is 1. The topological polar surface area (TPSA) is 110 Å². The lowest BCUT2D eigenvalue weighted by atomic mass is 9.95. The molecule has 0 saturated carbocycles. The fourth-order valence-electron chi connectivity index (χ4n) is 4.29. The second kappa shape index (κ2) is 10.0. The summed E-state index contributed by atoms with van der Waals surface area (Å²) in [4.78, 5) is 23.2. The van der Waals surface area contributed by atoms with E-state index in [1.807, 2.05) is 6.92 Å². The molecule has 0 radical (unpaired) electrons. The zero-order chi connectivity index (χ0) is 24.3. The van der Waals surface area contributed by atoms with E-state index in [2.05, 4.69) is 37.4 Å². The average molecular weight is 474 g/mol. The number of hydrogen-bond acceptors (Lipinski definition) is 5. The molecule has 1 N–H and O–H groups in total. The van der Waals surface area contributed by atoms with E-state index in [0.29, 0.717) is 18.4 Å². The van der Waals surface area contributed by atoms with Crippen LogP contribution in [0.5, 0.6) is 0 Å². The smallest absolute Gasteiger partial charge is 0.270 e. The van der Waals surface area contributed by atoms with Crippen molar-refractivity contribution in [1.29, 1.82) is 0 Å². The van der Waals surface area contributed by atoms with Crippen LogP contribution in [-0.4, -0.2) is 42.7 Å². The molecular weight excluding hydrogens is 442 g/mol. The summed E-state index contributed by atoms with van der Waals surface area (Å²) in [6.45, 7) is 8.11. The number of aryl methyl sites for hydroxylation is 3. The molecule has 2 aromatic rings. The first-order chi connectivity index (χ1) is 15.5. The van der Waals surface area contributed by atoms with Crippen molar-refractivity contribution in [1.82, 2.24) is 9.62 Å². The average Bonchev–Trinajstić information content (AvgIpc) is 2.75. The number of sulfonamides is 1. The zero-order valence-corrected chi connectivity index (χ0v) is 20.3. The van der Waals surface area contributed by atoms with Gasteiger partial charge in [-0.2, -0.15) is 4.31 Å². The van der Waals surface area contributed by atoms with Crippen LogP contribution in [0, 0.1) is 36.8 Å². The van der Waals surface area contributed by atoms with E-state index >= 15 is 0 Å². The number of carbonyl (C=O) groups excluding carboxylic acids is 1. The lowest BCUT2D eigenvalue weighted by molar-refractivity contribution is -0.385. The van der Waals surface area contributed by atoms with Crippen molar-refractivity contribution < 1.29 is 18.1 Å². The molecule has 1 atom stereocenters. The quantitative estimate of drug-likeness (QED) is 0.487. The van der Waals surface area contributed by atoms with Crippen molar-refractivity contribution in [3.8, 4) is 0 Å². The molecule has 1 aliphatic heterocycles. The minimum absolute atomic E-state index is 0.0341. The van der Waals surface area contributed by atoms with Gasteiger partial charge >= 0.3 is 0 Å². The molecule has 9 heteroatoms. The number of nitro groups is 1. The van der Waals surface area contributed by atoms with Crippen LogP contribution in [-0.2, 0) is 21.2 Å². The molecule has 1 amide bonds. The molecule has 0 aromatic heterocycles. The number of non-ortho nitro benzene ring substituents is 1. The third-order valence-electron chi connectivity index (χ3n) is 6.24. The molecule has 178 valence electrons. The van der Waals surface area contributed by atoms with Crippen LogP contribution in [0.4, 0.5) is 5.69 Å². The molecule has 1 unspecified atom stereocenters. The molecule has 8 nitrogen and oxygen atoms in total. The lowest BCUT2D eigenvalue weighted by Crippen LogP contribution is -2.45. The van der Waals surface area contributed by atoms with E-state index in [-0.39, 0.29) is 41.5 Å². The number of amides is 1. The fraction of sp³-hybridized carbons (Fsp3) is 0.458. The van der Waals surface area contributed by atoms with Crippen LogP contribution in [0.2, 0.25) is 0 Å². The van der Waals surface area contributed by atoms with Gasteiger partial charge < -0.3 is 5.32 Å². The fourth-order valence-corrected chi connectivity index (χ4v) is 6.01. The third-order valence-corrected chi connectivity index (χ3v) is 8.28. The number of rotatable bonds is 7. The normalized spacial score (nSPS) is 16.4. The molecule has 3 rings (SSSR count). The SMILES string of the molecule is Cc1ccc(CC(C)NC(=O)C2CCN(S(=O)(=O)c3cc([N+](=O)[O-])ccc3C)CC2)c(C)c1. The summed E-state index contributed by atoms with van der Waals surface area (Å²) in [6.07, 6.45) is 1.56. The maximum Gasteiger partial charge on any atom is 0.270 e. The van der Waals surface area contributed by atoms with E-state index in [1.54, 1.807) is 6.92 Å². The van der Waals surface area contributed by atoms with Gasteiger partial charge in [-0.3, -0.25) is 14.9 Å². The highest BCUT2D eigenvalue weighted by atomic mass is 32.2. The van der Waals surface area contributed by atoms with Gasteiger partial charge in [0.25, 0.3) is 5.69 Å². The van der Waals surface area contributed by atoms with Crippen LogP contribution in [0.25, 0.3) is 0 Å². The summed E-state index contributed by atoms with van der Waals surface area (Å²) in [6, 6.07) is 10.1. The highest BCUT2D eigenvalue weighted by molar-refractivity contribution is 7.89. The van der Waals surface area contributed by atoms with Crippen molar-refractivity contribution in [3.63, 3.8) is 0 Å². The van der Waals surface area contributed by atoms with Crippen molar-refractivity contribution in [2.45, 2.75) is 57.9 Å². The molecular formula is C24H31N3O5S. The highest BCUT2D eigenvalue weighted by Crippen LogP contribution is 2.28. The largest absolute Gasteiger partial charge is 0.353 e. The van der Waals surface area contributed by atoms with Crippen LogP contribution in [0.3, 0.4) is 0 Å². The number of nitrogens with one attached hydrogen (secondary N) is 1. The van der Waals surface area contributed by atoms with Gasteiger partial charge in [-0.25, -0.2) is 8.42 Å². The number of carbonyl (C=O) groups is 1.